The van der Waals surface area contributed by atoms with Crippen LogP contribution >= 0.6 is 0 Å². The third-order valence-electron chi connectivity index (χ3n) is 2.99. The van der Waals surface area contributed by atoms with Crippen LogP contribution in [0.4, 0.5) is 5.69 Å². The van der Waals surface area contributed by atoms with Gasteiger partial charge < -0.3 is 10.1 Å². The molecule has 5 nitrogen and oxygen atoms in total. The summed E-state index contributed by atoms with van der Waals surface area (Å²) in [7, 11) is 0. The maximum absolute atomic E-state index is 10.9. The second-order valence-corrected chi connectivity index (χ2v) is 4.28. The molecule has 1 fully saturated rings. The highest BCUT2D eigenvalue weighted by atomic mass is 16.6. The Kier molecular flexibility index (Phi) is 3.58. The third kappa shape index (κ3) is 2.74. The summed E-state index contributed by atoms with van der Waals surface area (Å²) in [4.78, 5) is 10.6. The lowest BCUT2D eigenvalue weighted by Gasteiger charge is -2.12. The van der Waals surface area contributed by atoms with Gasteiger partial charge in [0.15, 0.2) is 5.75 Å². The van der Waals surface area contributed by atoms with E-state index < -0.39 is 0 Å². The molecule has 0 spiro atoms. The maximum atomic E-state index is 10.9. The average molecular weight is 236 g/mol. The van der Waals surface area contributed by atoms with Crippen LogP contribution in [0.15, 0.2) is 18.2 Å². The van der Waals surface area contributed by atoms with Crippen molar-refractivity contribution < 1.29 is 9.66 Å². The van der Waals surface area contributed by atoms with Gasteiger partial charge in [-0.15, -0.1) is 0 Å². The Morgan fingerprint density at radius 2 is 2.41 bits per heavy atom. The number of nitro groups is 1. The topological polar surface area (TPSA) is 64.4 Å². The van der Waals surface area contributed by atoms with Crippen LogP contribution in [0.2, 0.25) is 0 Å². The van der Waals surface area contributed by atoms with Gasteiger partial charge in [-0.3, -0.25) is 10.1 Å². The first-order valence-corrected chi connectivity index (χ1v) is 5.78. The molecule has 92 valence electrons. The van der Waals surface area contributed by atoms with Gasteiger partial charge in [-0.1, -0.05) is 12.1 Å². The fourth-order valence-corrected chi connectivity index (χ4v) is 2.07. The van der Waals surface area contributed by atoms with Gasteiger partial charge in [-0.25, -0.2) is 0 Å². The first kappa shape index (κ1) is 11.9. The van der Waals surface area contributed by atoms with Crippen LogP contribution in [0.3, 0.4) is 0 Å². The van der Waals surface area contributed by atoms with Crippen molar-refractivity contribution in [2.75, 3.05) is 13.2 Å². The molecule has 0 bridgehead atoms. The Hall–Kier alpha value is -1.62. The minimum atomic E-state index is -0.382. The molecule has 0 radical (unpaired) electrons. The average Bonchev–Trinajstić information content (AvgIpc) is 2.78. The normalized spacial score (nSPS) is 19.2. The van der Waals surface area contributed by atoms with Crippen molar-refractivity contribution in [1.82, 2.24) is 5.32 Å². The van der Waals surface area contributed by atoms with E-state index in [-0.39, 0.29) is 10.6 Å². The molecule has 1 aliphatic rings. The van der Waals surface area contributed by atoms with Crippen LogP contribution < -0.4 is 10.1 Å². The smallest absolute Gasteiger partial charge is 0.313 e. The fraction of sp³-hybridized carbons (Fsp3) is 0.500. The van der Waals surface area contributed by atoms with E-state index in [4.69, 9.17) is 4.74 Å². The summed E-state index contributed by atoms with van der Waals surface area (Å²) in [6.07, 6.45) is 2.21. The summed E-state index contributed by atoms with van der Waals surface area (Å²) in [6.45, 7) is 3.22. The number of nitrogens with zero attached hydrogens (tertiary/aromatic N) is 1. The van der Waals surface area contributed by atoms with E-state index in [1.165, 1.54) is 0 Å². The quantitative estimate of drug-likeness (QED) is 0.641. The number of hydrogen-bond donors (Lipinski definition) is 1. The Balaban J connectivity index is 2.09. The summed E-state index contributed by atoms with van der Waals surface area (Å²) in [6, 6.07) is 5.47. The lowest BCUT2D eigenvalue weighted by atomic mass is 10.2. The summed E-state index contributed by atoms with van der Waals surface area (Å²) in [5.41, 5.74) is 0.706. The number of hydrogen-bond acceptors (Lipinski definition) is 4. The zero-order valence-corrected chi connectivity index (χ0v) is 9.81. The van der Waals surface area contributed by atoms with E-state index in [1.807, 2.05) is 0 Å². The Morgan fingerprint density at radius 3 is 3.06 bits per heavy atom. The number of para-hydroxylation sites is 1. The number of aryl methyl sites for hydroxylation is 1. The standard InChI is InChI=1S/C12H16N2O3/c1-9-4-2-6-11(12(9)14(15)16)17-8-10-5-3-7-13-10/h2,4,6,10,13H,3,5,7-8H2,1H3/t10-/m1/s1. The molecule has 1 heterocycles. The van der Waals surface area contributed by atoms with Crippen molar-refractivity contribution >= 4 is 5.69 Å². The Bertz CT molecular complexity index is 414. The first-order chi connectivity index (χ1) is 8.18. The van der Waals surface area contributed by atoms with E-state index in [0.717, 1.165) is 19.4 Å². The van der Waals surface area contributed by atoms with E-state index in [0.29, 0.717) is 24.0 Å². The molecular formula is C12H16N2O3. The Morgan fingerprint density at radius 1 is 1.59 bits per heavy atom. The highest BCUT2D eigenvalue weighted by Crippen LogP contribution is 2.30. The first-order valence-electron chi connectivity index (χ1n) is 5.78. The van der Waals surface area contributed by atoms with Gasteiger partial charge in [0.05, 0.1) is 4.92 Å². The van der Waals surface area contributed by atoms with Crippen LogP contribution in [0.1, 0.15) is 18.4 Å². The minimum absolute atomic E-state index is 0.0745. The predicted octanol–water partition coefficient (Wildman–Crippen LogP) is 2.03. The summed E-state index contributed by atoms with van der Waals surface area (Å²) in [5, 5.41) is 14.2. The molecule has 1 atom stereocenters. The molecule has 0 unspecified atom stereocenters. The number of nitrogens with one attached hydrogen (secondary N) is 1. The predicted molar refractivity (Wildman–Crippen MR) is 64.4 cm³/mol. The van der Waals surface area contributed by atoms with Gasteiger partial charge in [-0.2, -0.15) is 0 Å². The maximum Gasteiger partial charge on any atom is 0.313 e. The second-order valence-electron chi connectivity index (χ2n) is 4.28. The molecule has 0 amide bonds. The van der Waals surface area contributed by atoms with E-state index in [2.05, 4.69) is 5.32 Å². The van der Waals surface area contributed by atoms with E-state index in [1.54, 1.807) is 25.1 Å². The molecule has 0 aromatic heterocycles. The van der Waals surface area contributed by atoms with Crippen molar-refractivity contribution in [2.24, 2.45) is 0 Å². The molecule has 1 aromatic carbocycles. The van der Waals surface area contributed by atoms with Crippen molar-refractivity contribution in [3.8, 4) is 5.75 Å². The van der Waals surface area contributed by atoms with Gasteiger partial charge in [0.25, 0.3) is 0 Å². The molecule has 2 rings (SSSR count). The van der Waals surface area contributed by atoms with Gasteiger partial charge >= 0.3 is 5.69 Å². The zero-order chi connectivity index (χ0) is 12.3. The van der Waals surface area contributed by atoms with E-state index in [9.17, 15) is 10.1 Å². The number of ether oxygens (including phenoxy) is 1. The molecule has 5 heteroatoms. The van der Waals surface area contributed by atoms with Crippen LogP contribution in [0.5, 0.6) is 5.75 Å². The number of rotatable bonds is 4. The van der Waals surface area contributed by atoms with Gasteiger partial charge in [0, 0.05) is 11.6 Å². The fourth-order valence-electron chi connectivity index (χ4n) is 2.07. The van der Waals surface area contributed by atoms with E-state index >= 15 is 0 Å². The lowest BCUT2D eigenvalue weighted by molar-refractivity contribution is -0.386. The molecular weight excluding hydrogens is 220 g/mol. The second kappa shape index (κ2) is 5.14. The van der Waals surface area contributed by atoms with Crippen molar-refractivity contribution in [3.63, 3.8) is 0 Å². The van der Waals surface area contributed by atoms with Crippen LogP contribution in [0.25, 0.3) is 0 Å². The molecule has 1 N–H and O–H groups in total. The van der Waals surface area contributed by atoms with Crippen molar-refractivity contribution in [2.45, 2.75) is 25.8 Å². The summed E-state index contributed by atoms with van der Waals surface area (Å²) >= 11 is 0. The molecule has 0 saturated carbocycles. The molecule has 1 aliphatic heterocycles. The number of nitro benzene ring substituents is 1. The van der Waals surface area contributed by atoms with Crippen LogP contribution in [-0.2, 0) is 0 Å². The van der Waals surface area contributed by atoms with Crippen molar-refractivity contribution in [1.29, 1.82) is 0 Å². The van der Waals surface area contributed by atoms with Crippen molar-refractivity contribution in [3.05, 3.63) is 33.9 Å². The van der Waals surface area contributed by atoms with Crippen LogP contribution in [-0.4, -0.2) is 24.1 Å². The minimum Gasteiger partial charge on any atom is -0.485 e. The lowest BCUT2D eigenvalue weighted by Crippen LogP contribution is -2.28. The highest BCUT2D eigenvalue weighted by molar-refractivity contribution is 5.52. The molecule has 1 saturated heterocycles. The SMILES string of the molecule is Cc1cccc(OC[C@H]2CCCN2)c1[N+](=O)[O-]. The number of benzene rings is 1. The van der Waals surface area contributed by atoms with Crippen LogP contribution in [0, 0.1) is 17.0 Å². The zero-order valence-electron chi connectivity index (χ0n) is 9.81. The summed E-state index contributed by atoms with van der Waals surface area (Å²) < 4.78 is 5.56. The molecule has 0 aliphatic carbocycles. The summed E-state index contributed by atoms with van der Waals surface area (Å²) in [5.74, 6) is 0.365. The van der Waals surface area contributed by atoms with Gasteiger partial charge in [0.2, 0.25) is 0 Å². The Labute approximate surface area is 99.9 Å². The van der Waals surface area contributed by atoms with Gasteiger partial charge in [-0.05, 0) is 32.4 Å². The monoisotopic (exact) mass is 236 g/mol. The van der Waals surface area contributed by atoms with Gasteiger partial charge in [0.1, 0.15) is 6.61 Å². The highest BCUT2D eigenvalue weighted by Gasteiger charge is 2.20. The molecule has 1 aromatic rings. The largest absolute Gasteiger partial charge is 0.485 e. The third-order valence-corrected chi connectivity index (χ3v) is 2.99. The molecule has 17 heavy (non-hydrogen) atoms.